The second-order valence-corrected chi connectivity index (χ2v) is 4.46. The molecule has 0 aliphatic carbocycles. The van der Waals surface area contributed by atoms with Crippen molar-refractivity contribution in [2.24, 2.45) is 0 Å². The predicted molar refractivity (Wildman–Crippen MR) is 82.2 cm³/mol. The highest BCUT2D eigenvalue weighted by Gasteiger charge is 2.11. The van der Waals surface area contributed by atoms with E-state index >= 15 is 0 Å². The number of halogens is 2. The Morgan fingerprint density at radius 1 is 1.11 bits per heavy atom. The van der Waals surface area contributed by atoms with Gasteiger partial charge in [-0.05, 0) is 31.8 Å². The first-order chi connectivity index (χ1) is 8.25. The molecule has 1 heterocycles. The molecule has 6 heteroatoms. The molecule has 0 saturated carbocycles. The lowest BCUT2D eigenvalue weighted by Gasteiger charge is -2.19. The van der Waals surface area contributed by atoms with Crippen LogP contribution in [0, 0.1) is 0 Å². The number of fused-ring (bicyclic) bond motifs is 1. The minimum Gasteiger partial charge on any atom is -0.486 e. The molecule has 1 aliphatic heterocycles. The third-order valence-electron chi connectivity index (χ3n) is 2.67. The molecule has 0 saturated heterocycles. The summed E-state index contributed by atoms with van der Waals surface area (Å²) >= 11 is 0. The molecule has 1 aromatic carbocycles. The van der Waals surface area contributed by atoms with Gasteiger partial charge < -0.3 is 19.7 Å². The normalized spacial score (nSPS) is 12.6. The van der Waals surface area contributed by atoms with Crippen molar-refractivity contribution in [3.8, 4) is 11.5 Å². The van der Waals surface area contributed by atoms with Crippen molar-refractivity contribution in [3.63, 3.8) is 0 Å². The van der Waals surface area contributed by atoms with Crippen molar-refractivity contribution in [2.45, 2.75) is 6.54 Å². The fourth-order valence-electron chi connectivity index (χ4n) is 1.73. The maximum Gasteiger partial charge on any atom is 0.161 e. The van der Waals surface area contributed by atoms with Gasteiger partial charge in [-0.2, -0.15) is 0 Å². The van der Waals surface area contributed by atoms with Gasteiger partial charge in [0.1, 0.15) is 13.2 Å². The minimum absolute atomic E-state index is 0. The molecule has 4 nitrogen and oxygen atoms in total. The molecule has 0 unspecified atom stereocenters. The van der Waals surface area contributed by atoms with Crippen molar-refractivity contribution in [1.82, 2.24) is 10.2 Å². The van der Waals surface area contributed by atoms with Crippen LogP contribution in [0.5, 0.6) is 11.5 Å². The number of ether oxygens (including phenoxy) is 2. The summed E-state index contributed by atoms with van der Waals surface area (Å²) in [4.78, 5) is 2.16. The molecule has 2 rings (SSSR count). The van der Waals surface area contributed by atoms with Gasteiger partial charge in [0.15, 0.2) is 11.5 Å². The smallest absolute Gasteiger partial charge is 0.161 e. The molecular formula is C13H22Cl2N2O2. The van der Waals surface area contributed by atoms with E-state index in [1.54, 1.807) is 0 Å². The maximum absolute atomic E-state index is 5.55. The Kier molecular flexibility index (Phi) is 8.93. The molecule has 0 amide bonds. The first kappa shape index (κ1) is 18.3. The molecule has 0 atom stereocenters. The monoisotopic (exact) mass is 308 g/mol. The standard InChI is InChI=1S/C13H20N2O2.2ClH/c1-15(2)6-5-14-10-11-3-4-12-13(9-11)17-8-7-16-12;;/h3-4,9,14H,5-8,10H2,1-2H3;2*1H. The van der Waals surface area contributed by atoms with Crippen molar-refractivity contribution in [3.05, 3.63) is 23.8 Å². The van der Waals surface area contributed by atoms with Gasteiger partial charge in [0.25, 0.3) is 0 Å². The van der Waals surface area contributed by atoms with E-state index in [1.165, 1.54) is 5.56 Å². The lowest BCUT2D eigenvalue weighted by molar-refractivity contribution is 0.171. The molecular weight excluding hydrogens is 287 g/mol. The van der Waals surface area contributed by atoms with Crippen molar-refractivity contribution in [2.75, 3.05) is 40.4 Å². The van der Waals surface area contributed by atoms with Crippen LogP contribution >= 0.6 is 24.8 Å². The molecule has 1 aromatic rings. The average Bonchev–Trinajstić information content (AvgIpc) is 2.34. The molecule has 1 aliphatic rings. The van der Waals surface area contributed by atoms with Crippen LogP contribution in [0.4, 0.5) is 0 Å². The SMILES string of the molecule is CN(C)CCNCc1ccc2c(c1)OCCO2.Cl.Cl. The van der Waals surface area contributed by atoms with Crippen LogP contribution < -0.4 is 14.8 Å². The zero-order valence-corrected chi connectivity index (χ0v) is 13.0. The molecule has 0 fully saturated rings. The summed E-state index contributed by atoms with van der Waals surface area (Å²) in [6, 6.07) is 6.12. The van der Waals surface area contributed by atoms with Gasteiger partial charge in [-0.25, -0.2) is 0 Å². The number of nitrogens with one attached hydrogen (secondary N) is 1. The number of rotatable bonds is 5. The quantitative estimate of drug-likeness (QED) is 0.843. The first-order valence-corrected chi connectivity index (χ1v) is 5.99. The summed E-state index contributed by atoms with van der Waals surface area (Å²) in [6.45, 7) is 4.19. The van der Waals surface area contributed by atoms with Crippen molar-refractivity contribution < 1.29 is 9.47 Å². The Labute approximate surface area is 127 Å². The van der Waals surface area contributed by atoms with Gasteiger partial charge in [0.2, 0.25) is 0 Å². The zero-order valence-electron chi connectivity index (χ0n) is 11.3. The van der Waals surface area contributed by atoms with Crippen LogP contribution in [-0.4, -0.2) is 45.3 Å². The molecule has 0 spiro atoms. The topological polar surface area (TPSA) is 33.7 Å². The summed E-state index contributed by atoms with van der Waals surface area (Å²) in [5.41, 5.74) is 1.23. The van der Waals surface area contributed by atoms with E-state index in [2.05, 4.69) is 36.4 Å². The van der Waals surface area contributed by atoms with Crippen LogP contribution in [0.15, 0.2) is 18.2 Å². The van der Waals surface area contributed by atoms with Crippen LogP contribution in [0.3, 0.4) is 0 Å². The van der Waals surface area contributed by atoms with Gasteiger partial charge in [-0.15, -0.1) is 24.8 Å². The molecule has 0 radical (unpaired) electrons. The summed E-state index contributed by atoms with van der Waals surface area (Å²) in [6.07, 6.45) is 0. The fraction of sp³-hybridized carbons (Fsp3) is 0.538. The second-order valence-electron chi connectivity index (χ2n) is 4.46. The number of benzene rings is 1. The fourth-order valence-corrected chi connectivity index (χ4v) is 1.73. The van der Waals surface area contributed by atoms with Crippen molar-refractivity contribution >= 4 is 24.8 Å². The van der Waals surface area contributed by atoms with Gasteiger partial charge in [-0.3, -0.25) is 0 Å². The molecule has 0 aromatic heterocycles. The lowest BCUT2D eigenvalue weighted by atomic mass is 10.2. The van der Waals surface area contributed by atoms with E-state index in [0.29, 0.717) is 13.2 Å². The third-order valence-corrected chi connectivity index (χ3v) is 2.67. The minimum atomic E-state index is 0. The molecule has 19 heavy (non-hydrogen) atoms. The largest absolute Gasteiger partial charge is 0.486 e. The first-order valence-electron chi connectivity index (χ1n) is 5.99. The van der Waals surface area contributed by atoms with E-state index in [9.17, 15) is 0 Å². The molecule has 1 N–H and O–H groups in total. The van der Waals surface area contributed by atoms with E-state index < -0.39 is 0 Å². The van der Waals surface area contributed by atoms with Gasteiger partial charge in [0.05, 0.1) is 0 Å². The van der Waals surface area contributed by atoms with E-state index in [4.69, 9.17) is 9.47 Å². The number of nitrogens with zero attached hydrogens (tertiary/aromatic N) is 1. The van der Waals surface area contributed by atoms with Crippen LogP contribution in [0.2, 0.25) is 0 Å². The summed E-state index contributed by atoms with van der Waals surface area (Å²) in [5, 5.41) is 3.40. The maximum atomic E-state index is 5.55. The van der Waals surface area contributed by atoms with E-state index in [1.807, 2.05) is 6.07 Å². The molecule has 0 bridgehead atoms. The number of hydrogen-bond acceptors (Lipinski definition) is 4. The van der Waals surface area contributed by atoms with Crippen LogP contribution in [-0.2, 0) is 6.54 Å². The lowest BCUT2D eigenvalue weighted by Crippen LogP contribution is -2.26. The molecule has 110 valence electrons. The Hall–Kier alpha value is -0.680. The second kappa shape index (κ2) is 9.26. The van der Waals surface area contributed by atoms with Gasteiger partial charge in [-0.1, -0.05) is 6.07 Å². The number of hydrogen-bond donors (Lipinski definition) is 1. The highest BCUT2D eigenvalue weighted by molar-refractivity contribution is 5.85. The third kappa shape index (κ3) is 5.87. The van der Waals surface area contributed by atoms with E-state index in [-0.39, 0.29) is 24.8 Å². The predicted octanol–water partition coefficient (Wildman–Crippen LogP) is 1.95. The highest BCUT2D eigenvalue weighted by Crippen LogP contribution is 2.30. The Balaban J connectivity index is 0.00000162. The van der Waals surface area contributed by atoms with Gasteiger partial charge >= 0.3 is 0 Å². The zero-order chi connectivity index (χ0) is 12.1. The average molecular weight is 309 g/mol. The summed E-state index contributed by atoms with van der Waals surface area (Å²) in [7, 11) is 4.15. The number of likely N-dealkylation sites (N-methyl/N-ethyl adjacent to an activating group) is 1. The Bertz CT molecular complexity index is 376. The summed E-state index contributed by atoms with van der Waals surface area (Å²) < 4.78 is 11.0. The Morgan fingerprint density at radius 2 is 1.79 bits per heavy atom. The highest BCUT2D eigenvalue weighted by atomic mass is 35.5. The summed E-state index contributed by atoms with van der Waals surface area (Å²) in [5.74, 6) is 1.72. The van der Waals surface area contributed by atoms with Gasteiger partial charge in [0, 0.05) is 19.6 Å². The van der Waals surface area contributed by atoms with Crippen LogP contribution in [0.25, 0.3) is 0 Å². The Morgan fingerprint density at radius 3 is 2.47 bits per heavy atom. The van der Waals surface area contributed by atoms with E-state index in [0.717, 1.165) is 31.1 Å². The van der Waals surface area contributed by atoms with Crippen LogP contribution in [0.1, 0.15) is 5.56 Å². The van der Waals surface area contributed by atoms with Crippen molar-refractivity contribution in [1.29, 1.82) is 0 Å².